The first kappa shape index (κ1) is 11.9. The number of rotatable bonds is 4. The van der Waals surface area contributed by atoms with Gasteiger partial charge in [-0.25, -0.2) is 9.78 Å². The second-order valence-corrected chi connectivity index (χ2v) is 5.25. The van der Waals surface area contributed by atoms with Crippen LogP contribution in [-0.4, -0.2) is 27.5 Å². The van der Waals surface area contributed by atoms with E-state index in [1.54, 1.807) is 17.7 Å². The summed E-state index contributed by atoms with van der Waals surface area (Å²) in [6.45, 7) is 0. The standard InChI is InChI=1S/C12H10N2O4S/c15-9(14-12(2-3-12)11(16)17)8-6-19-10(13-8)7-1-4-18-5-7/h1,4-6H,2-3H2,(H,14,15)(H,16,17). The summed E-state index contributed by atoms with van der Waals surface area (Å²) in [5.74, 6) is -1.45. The maximum Gasteiger partial charge on any atom is 0.329 e. The summed E-state index contributed by atoms with van der Waals surface area (Å²) >= 11 is 1.31. The molecule has 98 valence electrons. The van der Waals surface area contributed by atoms with E-state index < -0.39 is 17.4 Å². The Morgan fingerprint density at radius 1 is 1.47 bits per heavy atom. The Balaban J connectivity index is 1.76. The van der Waals surface area contributed by atoms with Gasteiger partial charge in [0.15, 0.2) is 0 Å². The lowest BCUT2D eigenvalue weighted by molar-refractivity contribution is -0.140. The predicted octanol–water partition coefficient (Wildman–Crippen LogP) is 1.75. The molecule has 0 aliphatic heterocycles. The van der Waals surface area contributed by atoms with Crippen LogP contribution < -0.4 is 5.32 Å². The van der Waals surface area contributed by atoms with E-state index in [1.165, 1.54) is 17.6 Å². The fourth-order valence-electron chi connectivity index (χ4n) is 1.70. The lowest BCUT2D eigenvalue weighted by Gasteiger charge is -2.10. The van der Waals surface area contributed by atoms with Crippen molar-refractivity contribution < 1.29 is 19.1 Å². The molecule has 1 saturated carbocycles. The third-order valence-electron chi connectivity index (χ3n) is 3.02. The van der Waals surface area contributed by atoms with Gasteiger partial charge in [0.2, 0.25) is 0 Å². The van der Waals surface area contributed by atoms with E-state index in [0.717, 1.165) is 5.56 Å². The first-order valence-electron chi connectivity index (χ1n) is 5.65. The number of carbonyl (C=O) groups is 2. The Morgan fingerprint density at radius 3 is 2.84 bits per heavy atom. The average molecular weight is 278 g/mol. The molecule has 0 radical (unpaired) electrons. The lowest BCUT2D eigenvalue weighted by Crippen LogP contribution is -2.43. The minimum Gasteiger partial charge on any atom is -0.480 e. The minimum absolute atomic E-state index is 0.230. The number of thiazole rings is 1. The van der Waals surface area contributed by atoms with Crippen LogP contribution >= 0.6 is 11.3 Å². The largest absolute Gasteiger partial charge is 0.480 e. The SMILES string of the molecule is O=C(NC1(C(=O)O)CC1)c1csc(-c2ccoc2)n1. The summed E-state index contributed by atoms with van der Waals surface area (Å²) in [5.41, 5.74) is -0.0617. The van der Waals surface area contributed by atoms with Crippen molar-refractivity contribution in [3.8, 4) is 10.6 Å². The summed E-state index contributed by atoms with van der Waals surface area (Å²) < 4.78 is 4.95. The predicted molar refractivity (Wildman–Crippen MR) is 66.9 cm³/mol. The number of hydrogen-bond acceptors (Lipinski definition) is 5. The Bertz CT molecular complexity index is 628. The van der Waals surface area contributed by atoms with Crippen LogP contribution in [0.15, 0.2) is 28.4 Å². The smallest absolute Gasteiger partial charge is 0.329 e. The lowest BCUT2D eigenvalue weighted by atomic mass is 10.2. The van der Waals surface area contributed by atoms with E-state index in [-0.39, 0.29) is 5.69 Å². The Morgan fingerprint density at radius 2 is 2.26 bits per heavy atom. The van der Waals surface area contributed by atoms with Crippen LogP contribution in [0.1, 0.15) is 23.3 Å². The Labute approximate surface area is 112 Å². The number of amides is 1. The van der Waals surface area contributed by atoms with Gasteiger partial charge in [0.05, 0.1) is 6.26 Å². The highest BCUT2D eigenvalue weighted by Crippen LogP contribution is 2.36. The van der Waals surface area contributed by atoms with Crippen molar-refractivity contribution >= 4 is 23.2 Å². The van der Waals surface area contributed by atoms with Gasteiger partial charge in [0.1, 0.15) is 22.5 Å². The van der Waals surface area contributed by atoms with Gasteiger partial charge in [-0.3, -0.25) is 4.79 Å². The summed E-state index contributed by atoms with van der Waals surface area (Å²) in [6, 6.07) is 1.75. The minimum atomic E-state index is -1.09. The molecular formula is C12H10N2O4S. The molecule has 2 aromatic heterocycles. The summed E-state index contributed by atoms with van der Waals surface area (Å²) in [5, 5.41) is 13.8. The van der Waals surface area contributed by atoms with Crippen LogP contribution in [0.3, 0.4) is 0 Å². The van der Waals surface area contributed by atoms with Crippen LogP contribution in [-0.2, 0) is 4.79 Å². The zero-order valence-corrected chi connectivity index (χ0v) is 10.6. The highest BCUT2D eigenvalue weighted by Gasteiger charge is 2.51. The molecular weight excluding hydrogens is 268 g/mol. The molecule has 2 N–H and O–H groups in total. The van der Waals surface area contributed by atoms with Crippen molar-refractivity contribution in [2.75, 3.05) is 0 Å². The maximum absolute atomic E-state index is 11.9. The third-order valence-corrected chi connectivity index (χ3v) is 3.91. The van der Waals surface area contributed by atoms with Crippen LogP contribution in [0.2, 0.25) is 0 Å². The molecule has 0 unspecified atom stereocenters. The summed E-state index contributed by atoms with van der Waals surface area (Å²) in [6.07, 6.45) is 4.00. The topological polar surface area (TPSA) is 92.4 Å². The normalized spacial score (nSPS) is 16.0. The highest BCUT2D eigenvalue weighted by atomic mass is 32.1. The van der Waals surface area contributed by atoms with Crippen molar-refractivity contribution in [2.45, 2.75) is 18.4 Å². The molecule has 1 amide bonds. The van der Waals surface area contributed by atoms with Gasteiger partial charge in [-0.2, -0.15) is 0 Å². The van der Waals surface area contributed by atoms with E-state index in [0.29, 0.717) is 17.8 Å². The van der Waals surface area contributed by atoms with Crippen molar-refractivity contribution in [1.82, 2.24) is 10.3 Å². The van der Waals surface area contributed by atoms with Crippen molar-refractivity contribution in [1.29, 1.82) is 0 Å². The molecule has 6 nitrogen and oxygen atoms in total. The van der Waals surface area contributed by atoms with E-state index >= 15 is 0 Å². The number of furan rings is 1. The molecule has 1 aliphatic carbocycles. The van der Waals surface area contributed by atoms with E-state index in [1.807, 2.05) is 0 Å². The molecule has 0 spiro atoms. The number of hydrogen-bond donors (Lipinski definition) is 2. The summed E-state index contributed by atoms with van der Waals surface area (Å²) in [4.78, 5) is 27.1. The first-order chi connectivity index (χ1) is 9.11. The Kier molecular flexibility index (Phi) is 2.63. The van der Waals surface area contributed by atoms with Crippen LogP contribution in [0.4, 0.5) is 0 Å². The van der Waals surface area contributed by atoms with Crippen molar-refractivity contribution in [3.05, 3.63) is 29.7 Å². The quantitative estimate of drug-likeness (QED) is 0.888. The van der Waals surface area contributed by atoms with E-state index in [4.69, 9.17) is 9.52 Å². The van der Waals surface area contributed by atoms with Gasteiger partial charge in [0, 0.05) is 10.9 Å². The second kappa shape index (κ2) is 4.20. The van der Waals surface area contributed by atoms with Crippen molar-refractivity contribution in [2.24, 2.45) is 0 Å². The number of nitrogens with one attached hydrogen (secondary N) is 1. The van der Waals surface area contributed by atoms with Crippen LogP contribution in [0, 0.1) is 0 Å². The second-order valence-electron chi connectivity index (χ2n) is 4.39. The molecule has 2 aromatic rings. The Hall–Kier alpha value is -2.15. The monoisotopic (exact) mass is 278 g/mol. The number of carbonyl (C=O) groups excluding carboxylic acids is 1. The molecule has 1 aliphatic rings. The number of aromatic nitrogens is 1. The van der Waals surface area contributed by atoms with Gasteiger partial charge in [-0.1, -0.05) is 0 Å². The zero-order chi connectivity index (χ0) is 13.5. The van der Waals surface area contributed by atoms with E-state index in [2.05, 4.69) is 10.3 Å². The molecule has 1 fully saturated rings. The zero-order valence-electron chi connectivity index (χ0n) is 9.75. The molecule has 19 heavy (non-hydrogen) atoms. The fourth-order valence-corrected chi connectivity index (χ4v) is 2.48. The molecule has 0 atom stereocenters. The van der Waals surface area contributed by atoms with Crippen molar-refractivity contribution in [3.63, 3.8) is 0 Å². The van der Waals surface area contributed by atoms with Gasteiger partial charge in [0.25, 0.3) is 5.91 Å². The average Bonchev–Trinajstić information content (AvgIpc) is 2.87. The van der Waals surface area contributed by atoms with Gasteiger partial charge in [-0.05, 0) is 18.9 Å². The molecule has 2 heterocycles. The maximum atomic E-state index is 11.9. The molecule has 0 aromatic carbocycles. The highest BCUT2D eigenvalue weighted by molar-refractivity contribution is 7.13. The first-order valence-corrected chi connectivity index (χ1v) is 6.53. The van der Waals surface area contributed by atoms with Gasteiger partial charge >= 0.3 is 5.97 Å². The number of carboxylic acid groups (broad SMARTS) is 1. The van der Waals surface area contributed by atoms with E-state index in [9.17, 15) is 9.59 Å². The molecule has 0 saturated heterocycles. The van der Waals surface area contributed by atoms with Gasteiger partial charge in [-0.15, -0.1) is 11.3 Å². The van der Waals surface area contributed by atoms with Gasteiger partial charge < -0.3 is 14.8 Å². The van der Waals surface area contributed by atoms with Crippen LogP contribution in [0.5, 0.6) is 0 Å². The molecule has 0 bridgehead atoms. The molecule has 3 rings (SSSR count). The number of carboxylic acids is 1. The number of aliphatic carboxylic acids is 1. The molecule has 7 heteroatoms. The number of nitrogens with zero attached hydrogens (tertiary/aromatic N) is 1. The third kappa shape index (κ3) is 2.12. The van der Waals surface area contributed by atoms with Crippen LogP contribution in [0.25, 0.3) is 10.6 Å². The summed E-state index contributed by atoms with van der Waals surface area (Å²) in [7, 11) is 0. The fraction of sp³-hybridized carbons (Fsp3) is 0.250.